The Hall–Kier alpha value is -2.80. The van der Waals surface area contributed by atoms with Gasteiger partial charge < -0.3 is 14.5 Å². The fourth-order valence-corrected chi connectivity index (χ4v) is 2.96. The number of nitrogens with zero attached hydrogens (tertiary/aromatic N) is 2. The van der Waals surface area contributed by atoms with Crippen molar-refractivity contribution in [1.29, 1.82) is 0 Å². The zero-order chi connectivity index (χ0) is 19.2. The molecule has 3 rings (SSSR count). The molecule has 6 nitrogen and oxygen atoms in total. The van der Waals surface area contributed by atoms with Gasteiger partial charge in [-0.3, -0.25) is 4.79 Å². The highest BCUT2D eigenvalue weighted by Crippen LogP contribution is 2.22. The van der Waals surface area contributed by atoms with Gasteiger partial charge in [-0.1, -0.05) is 42.1 Å². The van der Waals surface area contributed by atoms with Crippen LogP contribution in [-0.2, 0) is 11.4 Å². The third kappa shape index (κ3) is 5.34. The Morgan fingerprint density at radius 1 is 1.11 bits per heavy atom. The fraction of sp³-hybridized carbons (Fsp3) is 0.250. The second-order valence-electron chi connectivity index (χ2n) is 6.17. The summed E-state index contributed by atoms with van der Waals surface area (Å²) >= 11 is 1.19. The smallest absolute Gasteiger partial charge is 0.277 e. The minimum Gasteiger partial charge on any atom is -0.484 e. The lowest BCUT2D eigenvalue weighted by Gasteiger charge is -2.07. The molecule has 0 radical (unpaired) electrons. The van der Waals surface area contributed by atoms with Gasteiger partial charge in [0.05, 0.1) is 5.75 Å². The average Bonchev–Trinajstić information content (AvgIpc) is 3.11. The van der Waals surface area contributed by atoms with Gasteiger partial charge in [0.15, 0.2) is 6.61 Å². The summed E-state index contributed by atoms with van der Waals surface area (Å²) in [7, 11) is 0. The van der Waals surface area contributed by atoms with Gasteiger partial charge in [-0.15, -0.1) is 10.2 Å². The van der Waals surface area contributed by atoms with Gasteiger partial charge in [-0.05, 0) is 49.6 Å². The lowest BCUT2D eigenvalue weighted by atomic mass is 10.1. The monoisotopic (exact) mass is 383 g/mol. The van der Waals surface area contributed by atoms with Crippen LogP contribution in [0.1, 0.15) is 22.6 Å². The Balaban J connectivity index is 1.50. The molecular formula is C20H21N3O3S. The van der Waals surface area contributed by atoms with Gasteiger partial charge in [0.2, 0.25) is 5.91 Å². The highest BCUT2D eigenvalue weighted by molar-refractivity contribution is 7.99. The number of hydrogen-bond donors (Lipinski definition) is 1. The van der Waals surface area contributed by atoms with Crippen LogP contribution >= 0.6 is 11.8 Å². The molecule has 1 heterocycles. The number of para-hydroxylation sites is 1. The summed E-state index contributed by atoms with van der Waals surface area (Å²) < 4.78 is 11.3. The van der Waals surface area contributed by atoms with E-state index in [1.807, 2.05) is 63.2 Å². The van der Waals surface area contributed by atoms with E-state index in [4.69, 9.17) is 9.15 Å². The van der Waals surface area contributed by atoms with Crippen LogP contribution < -0.4 is 10.1 Å². The second-order valence-corrected chi connectivity index (χ2v) is 7.10. The van der Waals surface area contributed by atoms with Crippen molar-refractivity contribution in [1.82, 2.24) is 10.2 Å². The normalized spacial score (nSPS) is 10.6. The SMILES string of the molecule is Cc1ccc(C)c(OCc2nnc(SCC(=O)Nc3ccccc3C)o2)c1. The molecule has 0 atom stereocenters. The van der Waals surface area contributed by atoms with Crippen molar-refractivity contribution in [2.24, 2.45) is 0 Å². The van der Waals surface area contributed by atoms with E-state index < -0.39 is 0 Å². The van der Waals surface area contributed by atoms with E-state index in [2.05, 4.69) is 15.5 Å². The quantitative estimate of drug-likeness (QED) is 0.613. The van der Waals surface area contributed by atoms with Gasteiger partial charge in [0.25, 0.3) is 11.1 Å². The number of thioether (sulfide) groups is 1. The first-order valence-electron chi connectivity index (χ1n) is 8.52. The molecular weight excluding hydrogens is 362 g/mol. The zero-order valence-corrected chi connectivity index (χ0v) is 16.3. The van der Waals surface area contributed by atoms with Crippen LogP contribution in [0.4, 0.5) is 5.69 Å². The number of aromatic nitrogens is 2. The van der Waals surface area contributed by atoms with Crippen molar-refractivity contribution < 1.29 is 13.9 Å². The predicted molar refractivity (Wildman–Crippen MR) is 105 cm³/mol. The summed E-state index contributed by atoms with van der Waals surface area (Å²) in [4.78, 5) is 12.1. The predicted octanol–water partition coefficient (Wildman–Crippen LogP) is 4.30. The summed E-state index contributed by atoms with van der Waals surface area (Å²) in [5.74, 6) is 1.23. The second kappa shape index (κ2) is 8.73. The molecule has 0 aliphatic heterocycles. The van der Waals surface area contributed by atoms with Crippen molar-refractivity contribution >= 4 is 23.4 Å². The fourth-order valence-electron chi connectivity index (χ4n) is 2.38. The number of amides is 1. The number of carbonyl (C=O) groups is 1. The molecule has 0 fully saturated rings. The van der Waals surface area contributed by atoms with Crippen LogP contribution in [0, 0.1) is 20.8 Å². The molecule has 0 aliphatic rings. The summed E-state index contributed by atoms with van der Waals surface area (Å²) in [6.07, 6.45) is 0. The lowest BCUT2D eigenvalue weighted by Crippen LogP contribution is -2.14. The summed E-state index contributed by atoms with van der Waals surface area (Å²) in [5, 5.41) is 11.1. The van der Waals surface area contributed by atoms with Gasteiger partial charge in [-0.2, -0.15) is 0 Å². The summed E-state index contributed by atoms with van der Waals surface area (Å²) in [5.41, 5.74) is 3.98. The van der Waals surface area contributed by atoms with E-state index in [0.717, 1.165) is 28.1 Å². The third-order valence-electron chi connectivity index (χ3n) is 3.89. The maximum atomic E-state index is 12.1. The number of hydrogen-bond acceptors (Lipinski definition) is 6. The third-order valence-corrected chi connectivity index (χ3v) is 4.71. The van der Waals surface area contributed by atoms with Crippen molar-refractivity contribution in [3.05, 3.63) is 65.0 Å². The van der Waals surface area contributed by atoms with Crippen molar-refractivity contribution in [2.75, 3.05) is 11.1 Å². The highest BCUT2D eigenvalue weighted by Gasteiger charge is 2.11. The Bertz CT molecular complexity index is 940. The average molecular weight is 383 g/mol. The number of benzene rings is 2. The van der Waals surface area contributed by atoms with Gasteiger partial charge in [0, 0.05) is 5.69 Å². The standard InChI is InChI=1S/C20H21N3O3S/c1-13-8-9-15(3)17(10-13)25-11-19-22-23-20(26-19)27-12-18(24)21-16-7-5-4-6-14(16)2/h4-10H,11-12H2,1-3H3,(H,21,24). The Kier molecular flexibility index (Phi) is 6.13. The minimum absolute atomic E-state index is 0.124. The first-order valence-corrected chi connectivity index (χ1v) is 9.50. The van der Waals surface area contributed by atoms with E-state index in [9.17, 15) is 4.79 Å². The molecule has 0 aliphatic carbocycles. The molecule has 7 heteroatoms. The largest absolute Gasteiger partial charge is 0.484 e. The van der Waals surface area contributed by atoms with Crippen LogP contribution in [0.15, 0.2) is 52.1 Å². The molecule has 0 saturated carbocycles. The molecule has 1 N–H and O–H groups in total. The van der Waals surface area contributed by atoms with E-state index >= 15 is 0 Å². The molecule has 0 spiro atoms. The molecule has 27 heavy (non-hydrogen) atoms. The number of anilines is 1. The maximum Gasteiger partial charge on any atom is 0.277 e. The number of aryl methyl sites for hydroxylation is 3. The first-order chi connectivity index (χ1) is 13.0. The molecule has 0 bridgehead atoms. The van der Waals surface area contributed by atoms with E-state index in [-0.39, 0.29) is 18.3 Å². The molecule has 1 amide bonds. The van der Waals surface area contributed by atoms with Crippen molar-refractivity contribution in [2.45, 2.75) is 32.6 Å². The van der Waals surface area contributed by atoms with E-state index in [1.165, 1.54) is 11.8 Å². The first kappa shape index (κ1) is 19.0. The van der Waals surface area contributed by atoms with Gasteiger partial charge in [0.1, 0.15) is 5.75 Å². The molecule has 1 aromatic heterocycles. The lowest BCUT2D eigenvalue weighted by molar-refractivity contribution is -0.113. The number of nitrogens with one attached hydrogen (secondary N) is 1. The molecule has 140 valence electrons. The highest BCUT2D eigenvalue weighted by atomic mass is 32.2. The molecule has 0 unspecified atom stereocenters. The van der Waals surface area contributed by atoms with Crippen LogP contribution in [0.2, 0.25) is 0 Å². The molecule has 3 aromatic rings. The van der Waals surface area contributed by atoms with Crippen LogP contribution in [0.25, 0.3) is 0 Å². The topological polar surface area (TPSA) is 77.2 Å². The summed E-state index contributed by atoms with van der Waals surface area (Å²) in [6, 6.07) is 13.6. The zero-order valence-electron chi connectivity index (χ0n) is 15.5. The van der Waals surface area contributed by atoms with E-state index in [0.29, 0.717) is 11.1 Å². The summed E-state index contributed by atoms with van der Waals surface area (Å²) in [6.45, 7) is 6.13. The molecule has 2 aromatic carbocycles. The van der Waals surface area contributed by atoms with Crippen LogP contribution in [-0.4, -0.2) is 21.9 Å². The Morgan fingerprint density at radius 2 is 1.93 bits per heavy atom. The minimum atomic E-state index is -0.124. The van der Waals surface area contributed by atoms with Crippen LogP contribution in [0.5, 0.6) is 5.75 Å². The van der Waals surface area contributed by atoms with E-state index in [1.54, 1.807) is 0 Å². The Labute approximate surface area is 162 Å². The van der Waals surface area contributed by atoms with Crippen molar-refractivity contribution in [3.8, 4) is 5.75 Å². The number of carbonyl (C=O) groups excluding carboxylic acids is 1. The number of rotatable bonds is 7. The molecule has 0 saturated heterocycles. The van der Waals surface area contributed by atoms with Crippen LogP contribution in [0.3, 0.4) is 0 Å². The number of ether oxygens (including phenoxy) is 1. The van der Waals surface area contributed by atoms with Gasteiger partial charge in [-0.25, -0.2) is 0 Å². The van der Waals surface area contributed by atoms with Crippen molar-refractivity contribution in [3.63, 3.8) is 0 Å². The Morgan fingerprint density at radius 3 is 2.74 bits per heavy atom. The maximum absolute atomic E-state index is 12.1. The van der Waals surface area contributed by atoms with Gasteiger partial charge >= 0.3 is 0 Å².